The summed E-state index contributed by atoms with van der Waals surface area (Å²) in [5, 5.41) is 2.89. The van der Waals surface area contributed by atoms with E-state index < -0.39 is 0 Å². The largest absolute Gasteiger partial charge is 0.350 e. The standard InChI is InChI=1S/C13H20N2O/c1-9-6-10(2)15-11(7-9)8-14-12(16)13(3,4)5/h6-7H,8H2,1-5H3,(H,14,16). The molecular formula is C13H20N2O. The van der Waals surface area contributed by atoms with Crippen molar-refractivity contribution in [3.05, 3.63) is 29.1 Å². The monoisotopic (exact) mass is 220 g/mol. The maximum absolute atomic E-state index is 11.7. The van der Waals surface area contributed by atoms with Crippen LogP contribution in [0.25, 0.3) is 0 Å². The van der Waals surface area contributed by atoms with E-state index in [1.54, 1.807) is 0 Å². The number of amides is 1. The number of hydrogen-bond donors (Lipinski definition) is 1. The number of aromatic nitrogens is 1. The van der Waals surface area contributed by atoms with Crippen LogP contribution in [0.5, 0.6) is 0 Å². The zero-order valence-electron chi connectivity index (χ0n) is 10.7. The number of carbonyl (C=O) groups excluding carboxylic acids is 1. The van der Waals surface area contributed by atoms with E-state index >= 15 is 0 Å². The molecule has 1 aromatic heterocycles. The molecule has 0 atom stereocenters. The fraction of sp³-hybridized carbons (Fsp3) is 0.538. The van der Waals surface area contributed by atoms with E-state index in [2.05, 4.69) is 10.3 Å². The normalized spacial score (nSPS) is 11.3. The first-order chi connectivity index (χ1) is 7.29. The third kappa shape index (κ3) is 3.65. The van der Waals surface area contributed by atoms with Gasteiger partial charge in [0.1, 0.15) is 0 Å². The maximum atomic E-state index is 11.7. The Hall–Kier alpha value is -1.38. The van der Waals surface area contributed by atoms with Gasteiger partial charge in [-0.05, 0) is 31.5 Å². The summed E-state index contributed by atoms with van der Waals surface area (Å²) < 4.78 is 0. The van der Waals surface area contributed by atoms with Gasteiger partial charge < -0.3 is 5.32 Å². The van der Waals surface area contributed by atoms with Gasteiger partial charge in [0, 0.05) is 11.1 Å². The van der Waals surface area contributed by atoms with Crippen molar-refractivity contribution in [1.82, 2.24) is 10.3 Å². The lowest BCUT2D eigenvalue weighted by Gasteiger charge is -2.17. The Morgan fingerprint density at radius 3 is 2.44 bits per heavy atom. The molecule has 1 aromatic rings. The van der Waals surface area contributed by atoms with E-state index in [0.29, 0.717) is 6.54 Å². The first-order valence-electron chi connectivity index (χ1n) is 5.51. The van der Waals surface area contributed by atoms with E-state index in [1.165, 1.54) is 5.56 Å². The molecule has 3 heteroatoms. The van der Waals surface area contributed by atoms with Crippen molar-refractivity contribution >= 4 is 5.91 Å². The number of rotatable bonds is 2. The van der Waals surface area contributed by atoms with E-state index in [-0.39, 0.29) is 11.3 Å². The van der Waals surface area contributed by atoms with Crippen LogP contribution >= 0.6 is 0 Å². The molecular weight excluding hydrogens is 200 g/mol. The third-order valence-corrected chi connectivity index (χ3v) is 2.26. The van der Waals surface area contributed by atoms with Gasteiger partial charge in [0.25, 0.3) is 0 Å². The predicted octanol–water partition coefficient (Wildman–Crippen LogP) is 2.36. The summed E-state index contributed by atoms with van der Waals surface area (Å²) in [6.07, 6.45) is 0. The van der Waals surface area contributed by atoms with Crippen molar-refractivity contribution in [3.63, 3.8) is 0 Å². The molecule has 0 saturated carbocycles. The highest BCUT2D eigenvalue weighted by Gasteiger charge is 2.20. The summed E-state index contributed by atoms with van der Waals surface area (Å²) in [5.74, 6) is 0.0495. The summed E-state index contributed by atoms with van der Waals surface area (Å²) in [7, 11) is 0. The van der Waals surface area contributed by atoms with Gasteiger partial charge in [-0.25, -0.2) is 0 Å². The van der Waals surface area contributed by atoms with Gasteiger partial charge in [0.2, 0.25) is 5.91 Å². The van der Waals surface area contributed by atoms with Crippen molar-refractivity contribution in [3.8, 4) is 0 Å². The number of pyridine rings is 1. The molecule has 0 fully saturated rings. The minimum absolute atomic E-state index is 0.0495. The summed E-state index contributed by atoms with van der Waals surface area (Å²) in [4.78, 5) is 16.0. The molecule has 0 bridgehead atoms. The van der Waals surface area contributed by atoms with Gasteiger partial charge in [0.05, 0.1) is 12.2 Å². The van der Waals surface area contributed by atoms with Gasteiger partial charge >= 0.3 is 0 Å². The third-order valence-electron chi connectivity index (χ3n) is 2.26. The van der Waals surface area contributed by atoms with Crippen molar-refractivity contribution < 1.29 is 4.79 Å². The quantitative estimate of drug-likeness (QED) is 0.831. The summed E-state index contributed by atoms with van der Waals surface area (Å²) in [6.45, 7) is 10.2. The van der Waals surface area contributed by atoms with E-state index in [4.69, 9.17) is 0 Å². The molecule has 1 amide bonds. The lowest BCUT2D eigenvalue weighted by molar-refractivity contribution is -0.128. The number of hydrogen-bond acceptors (Lipinski definition) is 2. The van der Waals surface area contributed by atoms with Gasteiger partial charge in [0.15, 0.2) is 0 Å². The van der Waals surface area contributed by atoms with Crippen LogP contribution in [0.15, 0.2) is 12.1 Å². The molecule has 1 rings (SSSR count). The maximum Gasteiger partial charge on any atom is 0.225 e. The van der Waals surface area contributed by atoms with Crippen LogP contribution < -0.4 is 5.32 Å². The highest BCUT2D eigenvalue weighted by Crippen LogP contribution is 2.13. The van der Waals surface area contributed by atoms with Crippen LogP contribution in [-0.4, -0.2) is 10.9 Å². The van der Waals surface area contributed by atoms with Crippen LogP contribution in [0.2, 0.25) is 0 Å². The molecule has 88 valence electrons. The SMILES string of the molecule is Cc1cc(C)nc(CNC(=O)C(C)(C)C)c1. The smallest absolute Gasteiger partial charge is 0.225 e. The molecule has 0 aromatic carbocycles. The zero-order chi connectivity index (χ0) is 12.3. The van der Waals surface area contributed by atoms with Crippen LogP contribution in [0.3, 0.4) is 0 Å². The minimum Gasteiger partial charge on any atom is -0.350 e. The van der Waals surface area contributed by atoms with Crippen LogP contribution in [0.1, 0.15) is 37.7 Å². The number of nitrogens with one attached hydrogen (secondary N) is 1. The lowest BCUT2D eigenvalue weighted by Crippen LogP contribution is -2.34. The Morgan fingerprint density at radius 2 is 1.94 bits per heavy atom. The number of nitrogens with zero attached hydrogens (tertiary/aromatic N) is 1. The van der Waals surface area contributed by atoms with Crippen molar-refractivity contribution in [2.45, 2.75) is 41.2 Å². The second-order valence-electron chi connectivity index (χ2n) is 5.21. The highest BCUT2D eigenvalue weighted by molar-refractivity contribution is 5.81. The molecule has 0 aliphatic rings. The lowest BCUT2D eigenvalue weighted by atomic mass is 9.96. The van der Waals surface area contributed by atoms with Crippen LogP contribution in [0, 0.1) is 19.3 Å². The Balaban J connectivity index is 2.65. The van der Waals surface area contributed by atoms with Gasteiger partial charge in [-0.2, -0.15) is 0 Å². The highest BCUT2D eigenvalue weighted by atomic mass is 16.2. The van der Waals surface area contributed by atoms with E-state index in [1.807, 2.05) is 46.8 Å². The summed E-state index contributed by atoms with van der Waals surface area (Å²) in [5.41, 5.74) is 2.72. The van der Waals surface area contributed by atoms with E-state index in [9.17, 15) is 4.79 Å². The Morgan fingerprint density at radius 1 is 1.31 bits per heavy atom. The van der Waals surface area contributed by atoms with Crippen LogP contribution in [0.4, 0.5) is 0 Å². The molecule has 1 N–H and O–H groups in total. The van der Waals surface area contributed by atoms with E-state index in [0.717, 1.165) is 11.4 Å². The fourth-order valence-electron chi connectivity index (χ4n) is 1.45. The predicted molar refractivity (Wildman–Crippen MR) is 65.0 cm³/mol. The van der Waals surface area contributed by atoms with Crippen molar-refractivity contribution in [1.29, 1.82) is 0 Å². The summed E-state index contributed by atoms with van der Waals surface area (Å²) >= 11 is 0. The average Bonchev–Trinajstić information content (AvgIpc) is 2.11. The molecule has 0 saturated heterocycles. The second-order valence-corrected chi connectivity index (χ2v) is 5.21. The van der Waals surface area contributed by atoms with Crippen molar-refractivity contribution in [2.24, 2.45) is 5.41 Å². The summed E-state index contributed by atoms with van der Waals surface area (Å²) in [6, 6.07) is 4.02. The fourth-order valence-corrected chi connectivity index (χ4v) is 1.45. The molecule has 1 heterocycles. The Kier molecular flexibility index (Phi) is 3.68. The Bertz CT molecular complexity index is 371. The van der Waals surface area contributed by atoms with Crippen LogP contribution in [-0.2, 0) is 11.3 Å². The average molecular weight is 220 g/mol. The minimum atomic E-state index is -0.348. The second kappa shape index (κ2) is 4.64. The van der Waals surface area contributed by atoms with Crippen molar-refractivity contribution in [2.75, 3.05) is 0 Å². The molecule has 0 radical (unpaired) electrons. The Labute approximate surface area is 97.3 Å². The first-order valence-corrected chi connectivity index (χ1v) is 5.51. The molecule has 0 unspecified atom stereocenters. The number of carbonyl (C=O) groups is 1. The molecule has 3 nitrogen and oxygen atoms in total. The topological polar surface area (TPSA) is 42.0 Å². The van der Waals surface area contributed by atoms with Gasteiger partial charge in [-0.1, -0.05) is 20.8 Å². The molecule has 0 aliphatic heterocycles. The zero-order valence-corrected chi connectivity index (χ0v) is 10.7. The molecule has 0 spiro atoms. The first kappa shape index (κ1) is 12.7. The molecule has 0 aliphatic carbocycles. The van der Waals surface area contributed by atoms with Gasteiger partial charge in [-0.3, -0.25) is 9.78 Å². The number of aryl methyl sites for hydroxylation is 2. The molecule has 16 heavy (non-hydrogen) atoms. The van der Waals surface area contributed by atoms with Gasteiger partial charge in [-0.15, -0.1) is 0 Å².